The second-order valence-electron chi connectivity index (χ2n) is 6.44. The van der Waals surface area contributed by atoms with Gasteiger partial charge in [0.15, 0.2) is 0 Å². The van der Waals surface area contributed by atoms with Crippen LogP contribution in [0.2, 0.25) is 0 Å². The molecule has 0 aliphatic rings. The zero-order valence-corrected chi connectivity index (χ0v) is 15.3. The van der Waals surface area contributed by atoms with Gasteiger partial charge in [0.05, 0.1) is 12.8 Å². The molecular weight excluding hydrogens is 326 g/mol. The second-order valence-corrected chi connectivity index (χ2v) is 6.44. The van der Waals surface area contributed by atoms with Gasteiger partial charge in [-0.2, -0.15) is 0 Å². The maximum absolute atomic E-state index is 10.9. The van der Waals surface area contributed by atoms with Crippen LogP contribution in [0.4, 0.5) is 0 Å². The summed E-state index contributed by atoms with van der Waals surface area (Å²) < 4.78 is 7.38. The Morgan fingerprint density at radius 1 is 1.04 bits per heavy atom. The summed E-state index contributed by atoms with van der Waals surface area (Å²) in [4.78, 5) is 10.9. The standard InChI is InChI=1S/C22H23NO3/c1-15-4-11-20(16(2)14-15)23-18(8-13-22(24)25)7-12-21(23)17-5-9-19(26-3)10-6-17/h4-7,9-12,14H,8,13H2,1-3H3,(H,24,25)/p-1. The highest BCUT2D eigenvalue weighted by Gasteiger charge is 2.14. The van der Waals surface area contributed by atoms with Crippen molar-refractivity contribution in [2.75, 3.05) is 7.11 Å². The monoisotopic (exact) mass is 348 g/mol. The Morgan fingerprint density at radius 3 is 2.38 bits per heavy atom. The fraction of sp³-hybridized carbons (Fsp3) is 0.227. The number of carboxylic acids is 1. The summed E-state index contributed by atoms with van der Waals surface area (Å²) in [6, 6.07) is 18.2. The molecule has 3 aromatic rings. The van der Waals surface area contributed by atoms with Gasteiger partial charge in [-0.25, -0.2) is 0 Å². The van der Waals surface area contributed by atoms with Crippen molar-refractivity contribution in [1.82, 2.24) is 4.57 Å². The predicted octanol–water partition coefficient (Wildman–Crippen LogP) is 3.45. The first-order valence-electron chi connectivity index (χ1n) is 8.62. The van der Waals surface area contributed by atoms with Crippen LogP contribution in [0.15, 0.2) is 54.6 Å². The lowest BCUT2D eigenvalue weighted by molar-refractivity contribution is -0.305. The summed E-state index contributed by atoms with van der Waals surface area (Å²) >= 11 is 0. The number of carbonyl (C=O) groups is 1. The molecule has 0 radical (unpaired) electrons. The number of hydrogen-bond acceptors (Lipinski definition) is 3. The van der Waals surface area contributed by atoms with Gasteiger partial charge in [-0.1, -0.05) is 17.7 Å². The van der Waals surface area contributed by atoms with Gasteiger partial charge >= 0.3 is 0 Å². The Hall–Kier alpha value is -3.01. The van der Waals surface area contributed by atoms with Gasteiger partial charge in [0, 0.05) is 17.4 Å². The lowest BCUT2D eigenvalue weighted by atomic mass is 10.1. The van der Waals surface area contributed by atoms with Gasteiger partial charge in [-0.3, -0.25) is 0 Å². The van der Waals surface area contributed by atoms with Crippen LogP contribution < -0.4 is 9.84 Å². The summed E-state index contributed by atoms with van der Waals surface area (Å²) in [5.41, 5.74) is 6.41. The molecule has 134 valence electrons. The molecule has 3 rings (SSSR count). The van der Waals surface area contributed by atoms with E-state index in [1.807, 2.05) is 36.4 Å². The van der Waals surface area contributed by atoms with Gasteiger partial charge in [-0.15, -0.1) is 0 Å². The zero-order chi connectivity index (χ0) is 18.7. The zero-order valence-electron chi connectivity index (χ0n) is 15.3. The fourth-order valence-electron chi connectivity index (χ4n) is 3.23. The van der Waals surface area contributed by atoms with E-state index < -0.39 is 5.97 Å². The van der Waals surface area contributed by atoms with E-state index in [0.29, 0.717) is 6.42 Å². The summed E-state index contributed by atoms with van der Waals surface area (Å²) in [6.45, 7) is 4.14. The minimum atomic E-state index is -1.04. The summed E-state index contributed by atoms with van der Waals surface area (Å²) in [6.07, 6.45) is 0.419. The van der Waals surface area contributed by atoms with Crippen molar-refractivity contribution in [3.8, 4) is 22.7 Å². The summed E-state index contributed by atoms with van der Waals surface area (Å²) in [5.74, 6) is -0.236. The molecule has 0 unspecified atom stereocenters. The first kappa shape index (κ1) is 17.8. The highest BCUT2D eigenvalue weighted by atomic mass is 16.5. The van der Waals surface area contributed by atoms with E-state index in [0.717, 1.165) is 34.0 Å². The largest absolute Gasteiger partial charge is 0.550 e. The van der Waals surface area contributed by atoms with Crippen LogP contribution in [-0.2, 0) is 11.2 Å². The van der Waals surface area contributed by atoms with E-state index >= 15 is 0 Å². The lowest BCUT2D eigenvalue weighted by Crippen LogP contribution is -2.22. The van der Waals surface area contributed by atoms with E-state index in [2.05, 4.69) is 36.6 Å². The molecule has 1 aromatic heterocycles. The highest BCUT2D eigenvalue weighted by Crippen LogP contribution is 2.30. The number of aryl methyl sites for hydroxylation is 3. The first-order valence-corrected chi connectivity index (χ1v) is 8.62. The van der Waals surface area contributed by atoms with E-state index in [4.69, 9.17) is 4.74 Å². The van der Waals surface area contributed by atoms with Crippen LogP contribution >= 0.6 is 0 Å². The minimum Gasteiger partial charge on any atom is -0.550 e. The molecule has 0 amide bonds. The Labute approximate surface area is 153 Å². The maximum Gasteiger partial charge on any atom is 0.118 e. The number of rotatable bonds is 6. The topological polar surface area (TPSA) is 54.3 Å². The van der Waals surface area contributed by atoms with Crippen LogP contribution in [0.5, 0.6) is 5.75 Å². The predicted molar refractivity (Wildman–Crippen MR) is 101 cm³/mol. The number of ether oxygens (including phenoxy) is 1. The van der Waals surface area contributed by atoms with Gasteiger partial charge in [0.25, 0.3) is 0 Å². The van der Waals surface area contributed by atoms with E-state index in [9.17, 15) is 9.90 Å². The van der Waals surface area contributed by atoms with Crippen molar-refractivity contribution in [1.29, 1.82) is 0 Å². The Kier molecular flexibility index (Phi) is 5.12. The molecule has 0 saturated carbocycles. The number of hydrogen-bond donors (Lipinski definition) is 0. The highest BCUT2D eigenvalue weighted by molar-refractivity contribution is 5.67. The number of nitrogens with zero attached hydrogens (tertiary/aromatic N) is 1. The Morgan fingerprint density at radius 2 is 1.77 bits per heavy atom. The normalized spacial score (nSPS) is 10.7. The van der Waals surface area contributed by atoms with Gasteiger partial charge < -0.3 is 19.2 Å². The molecule has 0 fully saturated rings. The smallest absolute Gasteiger partial charge is 0.118 e. The third kappa shape index (κ3) is 3.64. The number of carbonyl (C=O) groups excluding carboxylic acids is 1. The molecule has 1 heterocycles. The average molecular weight is 348 g/mol. The molecule has 0 bridgehead atoms. The molecule has 0 N–H and O–H groups in total. The number of aliphatic carboxylic acids is 1. The SMILES string of the molecule is COc1ccc(-c2ccc(CCC(=O)[O-])n2-c2ccc(C)cc2C)cc1. The number of aromatic nitrogens is 1. The third-order valence-electron chi connectivity index (χ3n) is 4.53. The Bertz CT molecular complexity index is 923. The number of carboxylic acid groups (broad SMARTS) is 1. The molecule has 0 aliphatic carbocycles. The molecule has 4 heteroatoms. The number of methoxy groups -OCH3 is 1. The minimum absolute atomic E-state index is 0.00300. The quantitative estimate of drug-likeness (QED) is 0.685. The van der Waals surface area contributed by atoms with Crippen molar-refractivity contribution in [3.05, 3.63) is 71.4 Å². The van der Waals surface area contributed by atoms with Gasteiger partial charge in [0.1, 0.15) is 5.75 Å². The molecule has 26 heavy (non-hydrogen) atoms. The fourth-order valence-corrected chi connectivity index (χ4v) is 3.23. The van der Waals surface area contributed by atoms with Crippen LogP contribution in [0.3, 0.4) is 0 Å². The van der Waals surface area contributed by atoms with Gasteiger partial charge in [-0.05, 0) is 80.3 Å². The van der Waals surface area contributed by atoms with Crippen molar-refractivity contribution in [2.24, 2.45) is 0 Å². The molecule has 0 aliphatic heterocycles. The van der Waals surface area contributed by atoms with Crippen LogP contribution in [0, 0.1) is 13.8 Å². The second kappa shape index (κ2) is 7.48. The van der Waals surface area contributed by atoms with Gasteiger partial charge in [0.2, 0.25) is 0 Å². The van der Waals surface area contributed by atoms with Crippen molar-refractivity contribution in [3.63, 3.8) is 0 Å². The van der Waals surface area contributed by atoms with Crippen LogP contribution in [-0.4, -0.2) is 17.6 Å². The lowest BCUT2D eigenvalue weighted by Gasteiger charge is -2.17. The average Bonchev–Trinajstić information content (AvgIpc) is 3.03. The molecular formula is C22H22NO3-. The van der Waals surface area contributed by atoms with Crippen LogP contribution in [0.25, 0.3) is 16.9 Å². The van der Waals surface area contributed by atoms with E-state index in [1.54, 1.807) is 7.11 Å². The molecule has 4 nitrogen and oxygen atoms in total. The van der Waals surface area contributed by atoms with E-state index in [1.165, 1.54) is 5.56 Å². The summed E-state index contributed by atoms with van der Waals surface area (Å²) in [7, 11) is 1.64. The number of benzene rings is 2. The molecule has 2 aromatic carbocycles. The Balaban J connectivity index is 2.13. The summed E-state index contributed by atoms with van der Waals surface area (Å²) in [5, 5.41) is 10.9. The van der Waals surface area contributed by atoms with Crippen molar-refractivity contribution < 1.29 is 14.6 Å². The van der Waals surface area contributed by atoms with Crippen molar-refractivity contribution >= 4 is 5.97 Å². The van der Waals surface area contributed by atoms with E-state index in [-0.39, 0.29) is 6.42 Å². The maximum atomic E-state index is 10.9. The molecule has 0 saturated heterocycles. The van der Waals surface area contributed by atoms with Crippen LogP contribution in [0.1, 0.15) is 23.2 Å². The molecule has 0 atom stereocenters. The van der Waals surface area contributed by atoms with Crippen molar-refractivity contribution in [2.45, 2.75) is 26.7 Å². The third-order valence-corrected chi connectivity index (χ3v) is 4.53. The first-order chi connectivity index (χ1) is 12.5. The molecule has 0 spiro atoms.